The number of carbonyl (C=O) groups excluding carboxylic acids is 1. The van der Waals surface area contributed by atoms with Gasteiger partial charge in [0.1, 0.15) is 11.8 Å². The number of carbonyl (C=O) groups is 1. The summed E-state index contributed by atoms with van der Waals surface area (Å²) in [4.78, 5) is 17.1. The molecule has 1 aliphatic heterocycles. The molecule has 1 amide bonds. The number of anilines is 2. The minimum Gasteiger partial charge on any atom is -0.497 e. The van der Waals surface area contributed by atoms with Crippen molar-refractivity contribution in [2.24, 2.45) is 0 Å². The fraction of sp³-hybridized carbons (Fsp3) is 0.333. The van der Waals surface area contributed by atoms with Crippen molar-refractivity contribution >= 4 is 17.3 Å². The zero-order chi connectivity index (χ0) is 19.2. The third-order valence-electron chi connectivity index (χ3n) is 4.98. The van der Waals surface area contributed by atoms with Crippen LogP contribution in [0.5, 0.6) is 5.75 Å². The highest BCUT2D eigenvalue weighted by atomic mass is 16.5. The van der Waals surface area contributed by atoms with Crippen LogP contribution in [0.25, 0.3) is 0 Å². The molecule has 1 heterocycles. The average Bonchev–Trinajstić information content (AvgIpc) is 2.73. The first-order chi connectivity index (χ1) is 13.1. The Labute approximate surface area is 160 Å². The second-order valence-electron chi connectivity index (χ2n) is 6.54. The number of hydrogen-bond acceptors (Lipinski definition) is 5. The Bertz CT molecular complexity index is 821. The first-order valence-corrected chi connectivity index (χ1v) is 9.05. The van der Waals surface area contributed by atoms with Crippen LogP contribution in [-0.4, -0.2) is 50.1 Å². The lowest BCUT2D eigenvalue weighted by Crippen LogP contribution is -2.52. The fourth-order valence-electron chi connectivity index (χ4n) is 3.25. The lowest BCUT2D eigenvalue weighted by atomic mass is 10.1. The summed E-state index contributed by atoms with van der Waals surface area (Å²) in [6, 6.07) is 17.0. The Hall–Kier alpha value is -3.04. The highest BCUT2D eigenvalue weighted by molar-refractivity contribution is 5.95. The number of nitriles is 1. The normalized spacial score (nSPS) is 15.7. The van der Waals surface area contributed by atoms with Crippen molar-refractivity contribution in [1.82, 2.24) is 4.90 Å². The van der Waals surface area contributed by atoms with Gasteiger partial charge in [-0.3, -0.25) is 9.69 Å². The predicted octanol–water partition coefficient (Wildman–Crippen LogP) is 2.72. The number of amides is 1. The zero-order valence-electron chi connectivity index (χ0n) is 15.7. The van der Waals surface area contributed by atoms with Crippen molar-refractivity contribution in [2.75, 3.05) is 43.5 Å². The van der Waals surface area contributed by atoms with Crippen molar-refractivity contribution in [2.45, 2.75) is 13.0 Å². The molecule has 140 valence electrons. The van der Waals surface area contributed by atoms with Crippen molar-refractivity contribution in [3.63, 3.8) is 0 Å². The molecule has 1 atom stereocenters. The second-order valence-corrected chi connectivity index (χ2v) is 6.54. The fourth-order valence-corrected chi connectivity index (χ4v) is 3.25. The number of hydrogen-bond donors (Lipinski definition) is 1. The maximum Gasteiger partial charge on any atom is 0.241 e. The Morgan fingerprint density at radius 2 is 1.78 bits per heavy atom. The number of methoxy groups -OCH3 is 1. The van der Waals surface area contributed by atoms with Crippen LogP contribution in [0.2, 0.25) is 0 Å². The van der Waals surface area contributed by atoms with Gasteiger partial charge in [-0.15, -0.1) is 0 Å². The first-order valence-electron chi connectivity index (χ1n) is 9.05. The van der Waals surface area contributed by atoms with E-state index in [-0.39, 0.29) is 11.9 Å². The number of nitrogens with one attached hydrogen (secondary N) is 1. The van der Waals surface area contributed by atoms with Crippen LogP contribution in [-0.2, 0) is 4.79 Å². The number of benzene rings is 2. The molecule has 1 saturated heterocycles. The van der Waals surface area contributed by atoms with Gasteiger partial charge in [-0.25, -0.2) is 0 Å². The van der Waals surface area contributed by atoms with E-state index < -0.39 is 0 Å². The molecule has 1 N–H and O–H groups in total. The molecular weight excluding hydrogens is 340 g/mol. The number of ether oxygens (including phenoxy) is 1. The molecule has 6 heteroatoms. The van der Waals surface area contributed by atoms with Crippen molar-refractivity contribution < 1.29 is 9.53 Å². The van der Waals surface area contributed by atoms with Crippen LogP contribution < -0.4 is 15.0 Å². The smallest absolute Gasteiger partial charge is 0.241 e. The van der Waals surface area contributed by atoms with Gasteiger partial charge >= 0.3 is 0 Å². The Kier molecular flexibility index (Phi) is 5.94. The van der Waals surface area contributed by atoms with Gasteiger partial charge in [0, 0.05) is 31.9 Å². The van der Waals surface area contributed by atoms with Crippen LogP contribution in [0.4, 0.5) is 11.4 Å². The van der Waals surface area contributed by atoms with E-state index >= 15 is 0 Å². The molecule has 0 aromatic heterocycles. The minimum absolute atomic E-state index is 0.0874. The summed E-state index contributed by atoms with van der Waals surface area (Å²) in [7, 11) is 1.66. The molecule has 2 aromatic carbocycles. The summed E-state index contributed by atoms with van der Waals surface area (Å²) in [6.45, 7) is 5.24. The SMILES string of the molecule is COc1ccc(N2CCN([C@@H](C)C(=O)Nc3ccccc3C#N)CC2)cc1. The monoisotopic (exact) mass is 364 g/mol. The number of piperazine rings is 1. The van der Waals surface area contributed by atoms with Gasteiger partial charge in [0.2, 0.25) is 5.91 Å². The Morgan fingerprint density at radius 3 is 2.41 bits per heavy atom. The largest absolute Gasteiger partial charge is 0.497 e. The number of para-hydroxylation sites is 1. The topological polar surface area (TPSA) is 68.6 Å². The molecule has 1 aliphatic rings. The maximum atomic E-state index is 12.6. The van der Waals surface area contributed by atoms with Crippen LogP contribution >= 0.6 is 0 Å². The van der Waals surface area contributed by atoms with Crippen molar-refractivity contribution in [3.8, 4) is 11.8 Å². The predicted molar refractivity (Wildman–Crippen MR) is 106 cm³/mol. The zero-order valence-corrected chi connectivity index (χ0v) is 15.7. The summed E-state index contributed by atoms with van der Waals surface area (Å²) in [5.74, 6) is 0.760. The Morgan fingerprint density at radius 1 is 1.11 bits per heavy atom. The van der Waals surface area contributed by atoms with E-state index in [0.29, 0.717) is 11.3 Å². The van der Waals surface area contributed by atoms with Gasteiger partial charge in [-0.1, -0.05) is 12.1 Å². The van der Waals surface area contributed by atoms with E-state index in [2.05, 4.69) is 33.3 Å². The molecule has 6 nitrogen and oxygen atoms in total. The van der Waals surface area contributed by atoms with E-state index in [9.17, 15) is 4.79 Å². The summed E-state index contributed by atoms with van der Waals surface area (Å²) in [6.07, 6.45) is 0. The van der Waals surface area contributed by atoms with Gasteiger partial charge in [-0.2, -0.15) is 5.26 Å². The summed E-state index contributed by atoms with van der Waals surface area (Å²) in [5.41, 5.74) is 2.20. The molecule has 0 radical (unpaired) electrons. The molecule has 1 fully saturated rings. The Balaban J connectivity index is 1.56. The summed E-state index contributed by atoms with van der Waals surface area (Å²) in [5, 5.41) is 12.0. The van der Waals surface area contributed by atoms with Crippen LogP contribution in [0.1, 0.15) is 12.5 Å². The van der Waals surface area contributed by atoms with Gasteiger partial charge in [0.25, 0.3) is 0 Å². The standard InChI is InChI=1S/C21H24N4O2/c1-16(21(26)23-20-6-4-3-5-17(20)15-22)24-11-13-25(14-12-24)18-7-9-19(27-2)10-8-18/h3-10,16H,11-14H2,1-2H3,(H,23,26)/t16-/m0/s1. The van der Waals surface area contributed by atoms with Gasteiger partial charge in [-0.05, 0) is 43.3 Å². The lowest BCUT2D eigenvalue weighted by Gasteiger charge is -2.38. The van der Waals surface area contributed by atoms with Crippen LogP contribution in [0.3, 0.4) is 0 Å². The van der Waals surface area contributed by atoms with E-state index in [0.717, 1.165) is 37.6 Å². The molecule has 27 heavy (non-hydrogen) atoms. The van der Waals surface area contributed by atoms with E-state index in [1.807, 2.05) is 25.1 Å². The molecule has 0 bridgehead atoms. The number of nitrogens with zero attached hydrogens (tertiary/aromatic N) is 3. The molecule has 0 saturated carbocycles. The molecule has 2 aromatic rings. The summed E-state index contributed by atoms with van der Waals surface area (Å²) < 4.78 is 5.21. The average molecular weight is 364 g/mol. The van der Waals surface area contributed by atoms with Gasteiger partial charge in [0.15, 0.2) is 0 Å². The van der Waals surface area contributed by atoms with Crippen LogP contribution in [0, 0.1) is 11.3 Å². The maximum absolute atomic E-state index is 12.6. The third-order valence-corrected chi connectivity index (χ3v) is 4.98. The molecule has 3 rings (SSSR count). The lowest BCUT2D eigenvalue weighted by molar-refractivity contribution is -0.120. The highest BCUT2D eigenvalue weighted by Crippen LogP contribution is 2.21. The minimum atomic E-state index is -0.255. The van der Waals surface area contributed by atoms with Gasteiger partial charge in [0.05, 0.1) is 24.4 Å². The van der Waals surface area contributed by atoms with Crippen molar-refractivity contribution in [3.05, 3.63) is 54.1 Å². The highest BCUT2D eigenvalue weighted by Gasteiger charge is 2.26. The molecule has 0 spiro atoms. The van der Waals surface area contributed by atoms with Crippen LogP contribution in [0.15, 0.2) is 48.5 Å². The van der Waals surface area contributed by atoms with Gasteiger partial charge < -0.3 is 15.0 Å². The van der Waals surface area contributed by atoms with E-state index in [1.165, 1.54) is 0 Å². The molecular formula is C21H24N4O2. The molecule has 0 aliphatic carbocycles. The van der Waals surface area contributed by atoms with Crippen molar-refractivity contribution in [1.29, 1.82) is 5.26 Å². The molecule has 0 unspecified atom stereocenters. The number of rotatable bonds is 5. The second kappa shape index (κ2) is 8.56. The van der Waals surface area contributed by atoms with E-state index in [4.69, 9.17) is 10.00 Å². The first kappa shape index (κ1) is 18.7. The summed E-state index contributed by atoms with van der Waals surface area (Å²) >= 11 is 0. The quantitative estimate of drug-likeness (QED) is 0.883. The van der Waals surface area contributed by atoms with E-state index in [1.54, 1.807) is 25.3 Å². The third kappa shape index (κ3) is 4.39.